The molecule has 4 nitrogen and oxygen atoms in total. The van der Waals surface area contributed by atoms with E-state index in [1.165, 1.54) is 11.3 Å². The predicted octanol–water partition coefficient (Wildman–Crippen LogP) is 1.97. The number of aryl methyl sites for hydroxylation is 1. The number of anilines is 1. The van der Waals surface area contributed by atoms with Crippen LogP contribution in [0, 0.1) is 6.92 Å². The molecule has 0 radical (unpaired) electrons. The van der Waals surface area contributed by atoms with Crippen molar-refractivity contribution in [3.05, 3.63) is 10.6 Å². The highest BCUT2D eigenvalue weighted by Gasteiger charge is 2.12. The minimum atomic E-state index is -0.903. The summed E-state index contributed by atoms with van der Waals surface area (Å²) < 4.78 is 0. The van der Waals surface area contributed by atoms with E-state index in [0.29, 0.717) is 15.7 Å². The van der Waals surface area contributed by atoms with Crippen molar-refractivity contribution in [1.29, 1.82) is 0 Å². The van der Waals surface area contributed by atoms with Crippen LogP contribution in [-0.2, 0) is 0 Å². The van der Waals surface area contributed by atoms with E-state index in [4.69, 9.17) is 5.11 Å². The molecule has 0 unspecified atom stereocenters. The molecular weight excluding hydrogens is 188 g/mol. The molecule has 0 spiro atoms. The number of hydrogen-bond acceptors (Lipinski definition) is 4. The third kappa shape index (κ3) is 2.42. The summed E-state index contributed by atoms with van der Waals surface area (Å²) in [5.74, 6) is -0.903. The Labute approximate surface area is 80.6 Å². The molecule has 0 saturated heterocycles. The Morgan fingerprint density at radius 3 is 2.85 bits per heavy atom. The van der Waals surface area contributed by atoms with Crippen LogP contribution in [0.15, 0.2) is 0 Å². The van der Waals surface area contributed by atoms with Gasteiger partial charge in [-0.1, -0.05) is 18.3 Å². The Kier molecular flexibility index (Phi) is 3.25. The summed E-state index contributed by atoms with van der Waals surface area (Å²) in [5, 5.41) is 12.5. The van der Waals surface area contributed by atoms with Gasteiger partial charge in [0.1, 0.15) is 4.88 Å². The average Bonchev–Trinajstić information content (AvgIpc) is 2.43. The summed E-state index contributed by atoms with van der Waals surface area (Å²) in [5.41, 5.74) is 0.580. The molecule has 0 bridgehead atoms. The zero-order valence-corrected chi connectivity index (χ0v) is 8.44. The third-order valence-electron chi connectivity index (χ3n) is 1.52. The Bertz CT molecular complexity index is 309. The molecule has 0 aliphatic carbocycles. The second-order valence-electron chi connectivity index (χ2n) is 2.67. The van der Waals surface area contributed by atoms with Crippen molar-refractivity contribution in [2.24, 2.45) is 0 Å². The lowest BCUT2D eigenvalue weighted by Crippen LogP contribution is -1.98. The van der Waals surface area contributed by atoms with Crippen LogP contribution < -0.4 is 5.32 Å². The maximum absolute atomic E-state index is 10.7. The second-order valence-corrected chi connectivity index (χ2v) is 3.66. The van der Waals surface area contributed by atoms with E-state index in [9.17, 15) is 4.79 Å². The standard InChI is InChI=1S/C8H12N2O2S/c1-3-4-9-8-10-5(2)6(13-8)7(11)12/h3-4H2,1-2H3,(H,9,10)(H,11,12). The first-order chi connectivity index (χ1) is 6.15. The second kappa shape index (κ2) is 4.23. The van der Waals surface area contributed by atoms with E-state index < -0.39 is 5.97 Å². The number of hydrogen-bond donors (Lipinski definition) is 2. The van der Waals surface area contributed by atoms with Crippen LogP contribution in [-0.4, -0.2) is 22.6 Å². The fraction of sp³-hybridized carbons (Fsp3) is 0.500. The van der Waals surface area contributed by atoms with Gasteiger partial charge in [0.25, 0.3) is 0 Å². The van der Waals surface area contributed by atoms with Crippen LogP contribution in [0.4, 0.5) is 5.13 Å². The first-order valence-corrected chi connectivity index (χ1v) is 4.91. The molecule has 0 aliphatic heterocycles. The van der Waals surface area contributed by atoms with Gasteiger partial charge in [-0.05, 0) is 13.3 Å². The lowest BCUT2D eigenvalue weighted by molar-refractivity contribution is 0.0701. The van der Waals surface area contributed by atoms with E-state index >= 15 is 0 Å². The predicted molar refractivity (Wildman–Crippen MR) is 52.6 cm³/mol. The van der Waals surface area contributed by atoms with Gasteiger partial charge in [0.2, 0.25) is 0 Å². The van der Waals surface area contributed by atoms with Gasteiger partial charge >= 0.3 is 5.97 Å². The molecule has 5 heteroatoms. The van der Waals surface area contributed by atoms with Gasteiger partial charge in [0, 0.05) is 6.54 Å². The minimum absolute atomic E-state index is 0.318. The molecule has 0 fully saturated rings. The SMILES string of the molecule is CCCNc1nc(C)c(C(=O)O)s1. The molecule has 2 N–H and O–H groups in total. The number of nitrogens with zero attached hydrogens (tertiary/aromatic N) is 1. The van der Waals surface area contributed by atoms with Crippen molar-refractivity contribution in [3.8, 4) is 0 Å². The highest BCUT2D eigenvalue weighted by atomic mass is 32.1. The average molecular weight is 200 g/mol. The fourth-order valence-electron chi connectivity index (χ4n) is 0.902. The van der Waals surface area contributed by atoms with E-state index in [-0.39, 0.29) is 0 Å². The Hall–Kier alpha value is -1.10. The van der Waals surface area contributed by atoms with Gasteiger partial charge in [0.05, 0.1) is 5.69 Å². The van der Waals surface area contributed by atoms with Gasteiger partial charge in [-0.25, -0.2) is 9.78 Å². The van der Waals surface area contributed by atoms with Crippen LogP contribution in [0.3, 0.4) is 0 Å². The van der Waals surface area contributed by atoms with Crippen LogP contribution >= 0.6 is 11.3 Å². The van der Waals surface area contributed by atoms with Crippen molar-refractivity contribution in [3.63, 3.8) is 0 Å². The quantitative estimate of drug-likeness (QED) is 0.780. The monoisotopic (exact) mass is 200 g/mol. The Balaban J connectivity index is 2.76. The summed E-state index contributed by atoms with van der Waals surface area (Å²) >= 11 is 1.19. The number of nitrogens with one attached hydrogen (secondary N) is 1. The Morgan fingerprint density at radius 1 is 1.69 bits per heavy atom. The van der Waals surface area contributed by atoms with Gasteiger partial charge in [0.15, 0.2) is 5.13 Å². The molecule has 0 amide bonds. The topological polar surface area (TPSA) is 62.2 Å². The van der Waals surface area contributed by atoms with Gasteiger partial charge in [-0.2, -0.15) is 0 Å². The lowest BCUT2D eigenvalue weighted by Gasteiger charge is -1.96. The van der Waals surface area contributed by atoms with Gasteiger partial charge in [-0.3, -0.25) is 0 Å². The van der Waals surface area contributed by atoms with Crippen molar-refractivity contribution >= 4 is 22.4 Å². The Morgan fingerprint density at radius 2 is 2.38 bits per heavy atom. The maximum Gasteiger partial charge on any atom is 0.347 e. The fourth-order valence-corrected chi connectivity index (χ4v) is 1.73. The normalized spacial score (nSPS) is 10.0. The molecule has 13 heavy (non-hydrogen) atoms. The minimum Gasteiger partial charge on any atom is -0.477 e. The van der Waals surface area contributed by atoms with Crippen molar-refractivity contribution in [1.82, 2.24) is 4.98 Å². The van der Waals surface area contributed by atoms with E-state index in [1.807, 2.05) is 6.92 Å². The molecule has 0 saturated carbocycles. The highest BCUT2D eigenvalue weighted by Crippen LogP contribution is 2.21. The highest BCUT2D eigenvalue weighted by molar-refractivity contribution is 7.17. The molecule has 0 aliphatic rings. The van der Waals surface area contributed by atoms with Crippen LogP contribution in [0.5, 0.6) is 0 Å². The number of aromatic carboxylic acids is 1. The molecule has 1 heterocycles. The molecule has 1 rings (SSSR count). The van der Waals surface area contributed by atoms with Gasteiger partial charge < -0.3 is 10.4 Å². The summed E-state index contributed by atoms with van der Waals surface area (Å²) in [6, 6.07) is 0. The summed E-state index contributed by atoms with van der Waals surface area (Å²) in [4.78, 5) is 15.1. The third-order valence-corrected chi connectivity index (χ3v) is 2.62. The number of rotatable bonds is 4. The van der Waals surface area contributed by atoms with E-state index in [2.05, 4.69) is 10.3 Å². The lowest BCUT2D eigenvalue weighted by atomic mass is 10.4. The van der Waals surface area contributed by atoms with Crippen LogP contribution in [0.25, 0.3) is 0 Å². The summed E-state index contributed by atoms with van der Waals surface area (Å²) in [6.07, 6.45) is 1.00. The summed E-state index contributed by atoms with van der Waals surface area (Å²) in [7, 11) is 0. The largest absolute Gasteiger partial charge is 0.477 e. The first kappa shape index (κ1) is 9.98. The number of carbonyl (C=O) groups is 1. The van der Waals surface area contributed by atoms with Crippen molar-refractivity contribution in [2.75, 3.05) is 11.9 Å². The van der Waals surface area contributed by atoms with E-state index in [1.54, 1.807) is 6.92 Å². The van der Waals surface area contributed by atoms with Crippen molar-refractivity contribution in [2.45, 2.75) is 20.3 Å². The molecule has 0 aromatic carbocycles. The zero-order valence-electron chi connectivity index (χ0n) is 7.63. The van der Waals surface area contributed by atoms with Crippen LogP contribution in [0.1, 0.15) is 28.7 Å². The number of carboxylic acids is 1. The number of carboxylic acid groups (broad SMARTS) is 1. The summed E-state index contributed by atoms with van der Waals surface area (Å²) in [6.45, 7) is 4.58. The molecule has 1 aromatic heterocycles. The number of aromatic nitrogens is 1. The smallest absolute Gasteiger partial charge is 0.347 e. The molecule has 0 atom stereocenters. The molecular formula is C8H12N2O2S. The van der Waals surface area contributed by atoms with Gasteiger partial charge in [-0.15, -0.1) is 0 Å². The van der Waals surface area contributed by atoms with Crippen LogP contribution in [0.2, 0.25) is 0 Å². The first-order valence-electron chi connectivity index (χ1n) is 4.09. The van der Waals surface area contributed by atoms with Crippen molar-refractivity contribution < 1.29 is 9.90 Å². The van der Waals surface area contributed by atoms with E-state index in [0.717, 1.165) is 13.0 Å². The molecule has 1 aromatic rings. The molecule has 72 valence electrons. The maximum atomic E-state index is 10.7. The number of thiazole rings is 1. The zero-order chi connectivity index (χ0) is 9.84.